The summed E-state index contributed by atoms with van der Waals surface area (Å²) >= 11 is 5.90. The quantitative estimate of drug-likeness (QED) is 0.542. The van der Waals surface area contributed by atoms with E-state index in [-0.39, 0.29) is 5.78 Å². The highest BCUT2D eigenvalue weighted by Gasteiger charge is 2.09. The smallest absolute Gasteiger partial charge is 0.168 e. The van der Waals surface area contributed by atoms with Gasteiger partial charge in [-0.1, -0.05) is 42.8 Å². The van der Waals surface area contributed by atoms with E-state index in [9.17, 15) is 4.79 Å². The van der Waals surface area contributed by atoms with Gasteiger partial charge in [0.15, 0.2) is 5.78 Å². The molecule has 0 heterocycles. The molecule has 0 aliphatic rings. The van der Waals surface area contributed by atoms with Crippen LogP contribution < -0.4 is 0 Å². The van der Waals surface area contributed by atoms with Gasteiger partial charge in [0.2, 0.25) is 0 Å². The fourth-order valence-electron chi connectivity index (χ4n) is 1.13. The Morgan fingerprint density at radius 2 is 2.07 bits per heavy atom. The van der Waals surface area contributed by atoms with Crippen LogP contribution in [0, 0.1) is 0 Å². The van der Waals surface area contributed by atoms with E-state index in [0.29, 0.717) is 17.0 Å². The second-order valence-electron chi connectivity index (χ2n) is 3.18. The minimum absolute atomic E-state index is 0.0439. The van der Waals surface area contributed by atoms with Gasteiger partial charge in [-0.2, -0.15) is 0 Å². The summed E-state index contributed by atoms with van der Waals surface area (Å²) in [7, 11) is 0. The Labute approximate surface area is 89.4 Å². The molecule has 0 spiro atoms. The lowest BCUT2D eigenvalue weighted by Crippen LogP contribution is -2.00. The molecule has 0 fully saturated rings. The Morgan fingerprint density at radius 3 is 2.64 bits per heavy atom. The van der Waals surface area contributed by atoms with E-state index < -0.39 is 0 Å². The van der Waals surface area contributed by atoms with E-state index in [1.807, 2.05) is 19.1 Å². The van der Waals surface area contributed by atoms with E-state index in [2.05, 4.69) is 6.58 Å². The van der Waals surface area contributed by atoms with E-state index in [1.54, 1.807) is 12.1 Å². The maximum atomic E-state index is 11.7. The zero-order chi connectivity index (χ0) is 10.6. The molecule has 1 aromatic rings. The van der Waals surface area contributed by atoms with Crippen molar-refractivity contribution in [3.63, 3.8) is 0 Å². The van der Waals surface area contributed by atoms with Crippen LogP contribution in [0.4, 0.5) is 0 Å². The molecular weight excluding hydrogens is 196 g/mol. The zero-order valence-electron chi connectivity index (χ0n) is 8.22. The van der Waals surface area contributed by atoms with Crippen LogP contribution in [0.5, 0.6) is 0 Å². The predicted molar refractivity (Wildman–Crippen MR) is 59.8 cm³/mol. The first kappa shape index (κ1) is 11.0. The lowest BCUT2D eigenvalue weighted by molar-refractivity contribution is 0.0992. The van der Waals surface area contributed by atoms with Crippen molar-refractivity contribution in [2.24, 2.45) is 0 Å². The maximum absolute atomic E-state index is 11.7. The van der Waals surface area contributed by atoms with Crippen LogP contribution in [-0.4, -0.2) is 5.78 Å². The van der Waals surface area contributed by atoms with Crippen LogP contribution in [0.1, 0.15) is 30.1 Å². The number of halogens is 1. The highest BCUT2D eigenvalue weighted by atomic mass is 35.5. The Bertz CT molecular complexity index is 355. The predicted octanol–water partition coefficient (Wildman–Crippen LogP) is 3.88. The minimum Gasteiger partial charge on any atom is -0.294 e. The summed E-state index contributed by atoms with van der Waals surface area (Å²) in [5.74, 6) is 0.0439. The summed E-state index contributed by atoms with van der Waals surface area (Å²) in [6.07, 6.45) is 1.22. The first-order valence-corrected chi connectivity index (χ1v) is 4.97. The average Bonchev–Trinajstić information content (AvgIpc) is 2.18. The van der Waals surface area contributed by atoms with E-state index >= 15 is 0 Å². The van der Waals surface area contributed by atoms with Crippen LogP contribution in [-0.2, 0) is 0 Å². The van der Waals surface area contributed by atoms with Crippen molar-refractivity contribution < 1.29 is 4.79 Å². The van der Waals surface area contributed by atoms with Crippen molar-refractivity contribution in [2.75, 3.05) is 0 Å². The first-order valence-electron chi connectivity index (χ1n) is 4.59. The molecular formula is C12H13ClO. The number of rotatable bonds is 4. The zero-order valence-corrected chi connectivity index (χ0v) is 8.97. The molecule has 1 rings (SSSR count). The molecule has 0 unspecified atom stereocenters. The van der Waals surface area contributed by atoms with Crippen molar-refractivity contribution in [3.8, 4) is 0 Å². The number of hydrogen-bond acceptors (Lipinski definition) is 1. The van der Waals surface area contributed by atoms with Crippen molar-refractivity contribution in [1.29, 1.82) is 0 Å². The van der Waals surface area contributed by atoms with Crippen molar-refractivity contribution >= 4 is 17.4 Å². The number of allylic oxidation sites excluding steroid dienone is 1. The number of ketones is 1. The maximum Gasteiger partial charge on any atom is 0.168 e. The number of carbonyl (C=O) groups is 1. The van der Waals surface area contributed by atoms with Crippen LogP contribution in [0.2, 0.25) is 5.02 Å². The van der Waals surface area contributed by atoms with Crippen LogP contribution >= 0.6 is 11.6 Å². The van der Waals surface area contributed by atoms with Gasteiger partial charge in [-0.25, -0.2) is 0 Å². The fraction of sp³-hybridized carbons (Fsp3) is 0.250. The molecule has 0 atom stereocenters. The Morgan fingerprint density at radius 1 is 1.43 bits per heavy atom. The molecule has 0 bridgehead atoms. The summed E-state index contributed by atoms with van der Waals surface area (Å²) in [6.45, 7) is 5.79. The van der Waals surface area contributed by atoms with Crippen molar-refractivity contribution in [2.45, 2.75) is 19.8 Å². The van der Waals surface area contributed by atoms with Gasteiger partial charge >= 0.3 is 0 Å². The molecule has 0 amide bonds. The average molecular weight is 209 g/mol. The van der Waals surface area contributed by atoms with Crippen molar-refractivity contribution in [1.82, 2.24) is 0 Å². The summed E-state index contributed by atoms with van der Waals surface area (Å²) in [5, 5.41) is 0.515. The summed E-state index contributed by atoms with van der Waals surface area (Å²) < 4.78 is 0. The van der Waals surface area contributed by atoms with Gasteiger partial charge < -0.3 is 0 Å². The summed E-state index contributed by atoms with van der Waals surface area (Å²) in [6, 6.07) is 7.10. The second kappa shape index (κ2) is 4.97. The van der Waals surface area contributed by atoms with Crippen LogP contribution in [0.3, 0.4) is 0 Å². The minimum atomic E-state index is 0.0439. The molecule has 1 aromatic carbocycles. The number of Topliss-reactive ketones (excluding diaryl/α,β-unsaturated/α-hetero) is 1. The summed E-state index contributed by atoms with van der Waals surface area (Å²) in [5.41, 5.74) is 1.53. The summed E-state index contributed by atoms with van der Waals surface area (Å²) in [4.78, 5) is 11.7. The van der Waals surface area contributed by atoms with Gasteiger partial charge in [-0.3, -0.25) is 4.79 Å². The van der Waals surface area contributed by atoms with Gasteiger partial charge in [0, 0.05) is 12.0 Å². The van der Waals surface area contributed by atoms with E-state index in [0.717, 1.165) is 12.0 Å². The van der Waals surface area contributed by atoms with Gasteiger partial charge in [-0.05, 0) is 18.6 Å². The molecule has 0 aliphatic heterocycles. The Balaban J connectivity index is 2.80. The Kier molecular flexibility index (Phi) is 3.90. The largest absolute Gasteiger partial charge is 0.294 e. The van der Waals surface area contributed by atoms with Gasteiger partial charge in [0.05, 0.1) is 5.02 Å². The third-order valence-electron chi connectivity index (χ3n) is 2.08. The van der Waals surface area contributed by atoms with Gasteiger partial charge in [-0.15, -0.1) is 0 Å². The van der Waals surface area contributed by atoms with E-state index in [1.165, 1.54) is 0 Å². The molecule has 0 saturated carbocycles. The molecule has 1 nitrogen and oxygen atoms in total. The van der Waals surface area contributed by atoms with Crippen LogP contribution in [0.25, 0.3) is 0 Å². The fourth-order valence-corrected chi connectivity index (χ4v) is 1.38. The molecule has 0 aromatic heterocycles. The lowest BCUT2D eigenvalue weighted by Gasteiger charge is -2.03. The van der Waals surface area contributed by atoms with Gasteiger partial charge in [0.25, 0.3) is 0 Å². The molecule has 74 valence electrons. The molecule has 0 N–H and O–H groups in total. The highest BCUT2D eigenvalue weighted by Crippen LogP contribution is 2.18. The monoisotopic (exact) mass is 208 g/mol. The molecule has 14 heavy (non-hydrogen) atoms. The second-order valence-corrected chi connectivity index (χ2v) is 3.59. The molecule has 0 aliphatic carbocycles. The molecule has 2 heteroatoms. The third kappa shape index (κ3) is 2.71. The SMILES string of the molecule is C=C(CC)CC(=O)c1ccccc1Cl. The third-order valence-corrected chi connectivity index (χ3v) is 2.41. The topological polar surface area (TPSA) is 17.1 Å². The van der Waals surface area contributed by atoms with Crippen LogP contribution in [0.15, 0.2) is 36.4 Å². The molecule has 0 saturated heterocycles. The lowest BCUT2D eigenvalue weighted by atomic mass is 10.0. The number of benzene rings is 1. The molecule has 0 radical (unpaired) electrons. The first-order chi connectivity index (χ1) is 6.65. The van der Waals surface area contributed by atoms with Crippen molar-refractivity contribution in [3.05, 3.63) is 47.0 Å². The number of hydrogen-bond donors (Lipinski definition) is 0. The van der Waals surface area contributed by atoms with E-state index in [4.69, 9.17) is 11.6 Å². The Hall–Kier alpha value is -1.08. The normalized spacial score (nSPS) is 9.86. The highest BCUT2D eigenvalue weighted by molar-refractivity contribution is 6.34. The number of carbonyl (C=O) groups excluding carboxylic acids is 1. The van der Waals surface area contributed by atoms with Gasteiger partial charge in [0.1, 0.15) is 0 Å². The standard InChI is InChI=1S/C12H13ClO/c1-3-9(2)8-12(14)10-6-4-5-7-11(10)13/h4-7H,2-3,8H2,1H3.